The van der Waals surface area contributed by atoms with Crippen LogP contribution in [0.3, 0.4) is 0 Å². The van der Waals surface area contributed by atoms with E-state index in [9.17, 15) is 0 Å². The number of nitrogens with zero attached hydrogens (tertiary/aromatic N) is 3. The third-order valence-electron chi connectivity index (χ3n) is 10.6. The molecular weight excluding hydrogens is 703 g/mol. The van der Waals surface area contributed by atoms with Crippen LogP contribution in [0, 0.1) is 0 Å². The third-order valence-corrected chi connectivity index (χ3v) is 11.8. The number of fused-ring (bicyclic) bond motifs is 6. The van der Waals surface area contributed by atoms with Gasteiger partial charge in [0.15, 0.2) is 17.5 Å². The van der Waals surface area contributed by atoms with Gasteiger partial charge in [-0.15, -0.1) is 11.3 Å². The summed E-state index contributed by atoms with van der Waals surface area (Å²) in [4.78, 5) is 14.9. The van der Waals surface area contributed by atoms with Crippen LogP contribution in [-0.4, -0.2) is 15.0 Å². The largest absolute Gasteiger partial charge is 0.456 e. The Morgan fingerprint density at radius 3 is 1.62 bits per heavy atom. The molecule has 0 radical (unpaired) electrons. The molecule has 0 saturated heterocycles. The van der Waals surface area contributed by atoms with Crippen LogP contribution in [0.2, 0.25) is 0 Å². The van der Waals surface area contributed by atoms with E-state index in [2.05, 4.69) is 127 Å². The highest BCUT2D eigenvalue weighted by Gasteiger charge is 2.19. The lowest BCUT2D eigenvalue weighted by molar-refractivity contribution is 0.669. The van der Waals surface area contributed by atoms with Crippen LogP contribution in [-0.2, 0) is 0 Å². The first-order valence-electron chi connectivity index (χ1n) is 18.7. The van der Waals surface area contributed by atoms with Crippen molar-refractivity contribution in [2.75, 3.05) is 0 Å². The molecule has 0 N–H and O–H groups in total. The average Bonchev–Trinajstić information content (AvgIpc) is 3.86. The molecule has 0 unspecified atom stereocenters. The summed E-state index contributed by atoms with van der Waals surface area (Å²) in [5, 5.41) is 4.72. The smallest absolute Gasteiger partial charge is 0.164 e. The Balaban J connectivity index is 1.04. The van der Waals surface area contributed by atoms with Crippen LogP contribution < -0.4 is 0 Å². The van der Waals surface area contributed by atoms with Crippen molar-refractivity contribution in [2.45, 2.75) is 0 Å². The van der Waals surface area contributed by atoms with Crippen LogP contribution in [0.5, 0.6) is 0 Å². The van der Waals surface area contributed by atoms with Gasteiger partial charge in [-0.1, -0.05) is 158 Å². The fourth-order valence-corrected chi connectivity index (χ4v) is 9.18. The van der Waals surface area contributed by atoms with Crippen LogP contribution in [0.15, 0.2) is 192 Å². The zero-order valence-corrected chi connectivity index (χ0v) is 30.9. The Morgan fingerprint density at radius 2 is 0.893 bits per heavy atom. The van der Waals surface area contributed by atoms with Gasteiger partial charge in [-0.2, -0.15) is 0 Å². The number of furan rings is 1. The van der Waals surface area contributed by atoms with Crippen molar-refractivity contribution in [3.8, 4) is 67.5 Å². The normalized spacial score (nSPS) is 11.6. The minimum Gasteiger partial charge on any atom is -0.456 e. The summed E-state index contributed by atoms with van der Waals surface area (Å²) in [6.07, 6.45) is 0. The van der Waals surface area contributed by atoms with E-state index >= 15 is 0 Å². The summed E-state index contributed by atoms with van der Waals surface area (Å²) in [7, 11) is 0. The van der Waals surface area contributed by atoms with Crippen molar-refractivity contribution in [1.29, 1.82) is 0 Å². The second-order valence-electron chi connectivity index (χ2n) is 13.9. The standard InChI is InChI=1S/C51H31N3OS/c1-4-14-32(15-5-1)40-29-28-39(47-42-22-10-11-25-45(42)56-48(40)47)36-26-27-41-44(31-36)55-43-24-13-23-38(46(41)43)35-20-12-21-37(30-35)51-53-49(33-16-6-2-7-17-33)52-50(54-51)34-18-8-3-9-19-34/h1-31H. The van der Waals surface area contributed by atoms with Gasteiger partial charge in [0.2, 0.25) is 0 Å². The van der Waals surface area contributed by atoms with E-state index in [1.165, 1.54) is 36.9 Å². The molecule has 0 saturated carbocycles. The van der Waals surface area contributed by atoms with Crippen molar-refractivity contribution in [3.05, 3.63) is 188 Å². The van der Waals surface area contributed by atoms with Crippen molar-refractivity contribution in [3.63, 3.8) is 0 Å². The minimum atomic E-state index is 0.624. The fourth-order valence-electron chi connectivity index (χ4n) is 7.91. The molecule has 0 atom stereocenters. The fraction of sp³-hybridized carbons (Fsp3) is 0. The Kier molecular flexibility index (Phi) is 7.64. The summed E-state index contributed by atoms with van der Waals surface area (Å²) in [5.41, 5.74) is 11.5. The van der Waals surface area contributed by atoms with Gasteiger partial charge < -0.3 is 4.42 Å². The molecule has 0 aliphatic carbocycles. The van der Waals surface area contributed by atoms with Gasteiger partial charge in [0, 0.05) is 47.6 Å². The highest BCUT2D eigenvalue weighted by Crippen LogP contribution is 2.46. The summed E-state index contributed by atoms with van der Waals surface area (Å²) in [6, 6.07) is 65.6. The van der Waals surface area contributed by atoms with E-state index in [-0.39, 0.29) is 0 Å². The predicted molar refractivity (Wildman–Crippen MR) is 233 cm³/mol. The molecule has 8 aromatic carbocycles. The number of benzene rings is 8. The highest BCUT2D eigenvalue weighted by atomic mass is 32.1. The van der Waals surface area contributed by atoms with E-state index in [1.54, 1.807) is 0 Å². The van der Waals surface area contributed by atoms with Crippen molar-refractivity contribution < 1.29 is 4.42 Å². The van der Waals surface area contributed by atoms with E-state index in [0.717, 1.165) is 55.3 Å². The molecule has 0 aliphatic rings. The monoisotopic (exact) mass is 733 g/mol. The average molecular weight is 734 g/mol. The lowest BCUT2D eigenvalue weighted by Gasteiger charge is -2.10. The molecule has 56 heavy (non-hydrogen) atoms. The van der Waals surface area contributed by atoms with Gasteiger partial charge in [-0.3, -0.25) is 0 Å². The first-order valence-corrected chi connectivity index (χ1v) is 19.5. The topological polar surface area (TPSA) is 51.8 Å². The third kappa shape index (κ3) is 5.48. The number of hydrogen-bond donors (Lipinski definition) is 0. The van der Waals surface area contributed by atoms with Crippen LogP contribution in [0.1, 0.15) is 0 Å². The van der Waals surface area contributed by atoms with Gasteiger partial charge in [0.1, 0.15) is 11.2 Å². The SMILES string of the molecule is c1ccc(-c2nc(-c3ccccc3)nc(-c3cccc(-c4cccc5oc6cc(-c7ccc(-c8ccccc8)c8sc9ccccc9c78)ccc6c45)c3)n2)cc1. The predicted octanol–water partition coefficient (Wildman–Crippen LogP) is 14.1. The Bertz CT molecular complexity index is 3180. The first-order chi connectivity index (χ1) is 27.7. The van der Waals surface area contributed by atoms with E-state index in [1.807, 2.05) is 72.0 Å². The number of rotatable bonds is 6. The first kappa shape index (κ1) is 32.2. The molecule has 4 nitrogen and oxygen atoms in total. The van der Waals surface area contributed by atoms with Crippen LogP contribution in [0.4, 0.5) is 0 Å². The van der Waals surface area contributed by atoms with Gasteiger partial charge in [0.25, 0.3) is 0 Å². The molecule has 5 heteroatoms. The van der Waals surface area contributed by atoms with Gasteiger partial charge in [0.05, 0.1) is 0 Å². The zero-order valence-electron chi connectivity index (χ0n) is 30.1. The summed E-state index contributed by atoms with van der Waals surface area (Å²) < 4.78 is 9.25. The van der Waals surface area contributed by atoms with Crippen molar-refractivity contribution in [1.82, 2.24) is 15.0 Å². The Hall–Kier alpha value is -7.21. The van der Waals surface area contributed by atoms with E-state index < -0.39 is 0 Å². The maximum atomic E-state index is 6.66. The van der Waals surface area contributed by atoms with Crippen LogP contribution >= 0.6 is 11.3 Å². The van der Waals surface area contributed by atoms with Gasteiger partial charge in [-0.25, -0.2) is 15.0 Å². The molecule has 0 spiro atoms. The minimum absolute atomic E-state index is 0.624. The molecule has 3 heterocycles. The number of aromatic nitrogens is 3. The second kappa shape index (κ2) is 13.3. The second-order valence-corrected chi connectivity index (χ2v) is 15.0. The summed E-state index contributed by atoms with van der Waals surface area (Å²) in [5.74, 6) is 1.90. The quantitative estimate of drug-likeness (QED) is 0.171. The molecule has 0 fully saturated rings. The zero-order chi connectivity index (χ0) is 37.0. The molecule has 11 aromatic rings. The maximum absolute atomic E-state index is 6.66. The molecule has 3 aromatic heterocycles. The van der Waals surface area contributed by atoms with Gasteiger partial charge >= 0.3 is 0 Å². The Labute approximate surface area is 327 Å². The Morgan fingerprint density at radius 1 is 0.339 bits per heavy atom. The summed E-state index contributed by atoms with van der Waals surface area (Å²) >= 11 is 1.86. The summed E-state index contributed by atoms with van der Waals surface area (Å²) in [6.45, 7) is 0. The van der Waals surface area contributed by atoms with Gasteiger partial charge in [-0.05, 0) is 63.7 Å². The van der Waals surface area contributed by atoms with E-state index in [0.29, 0.717) is 17.5 Å². The number of hydrogen-bond acceptors (Lipinski definition) is 5. The molecule has 0 amide bonds. The molecular formula is C51H31N3OS. The van der Waals surface area contributed by atoms with Crippen molar-refractivity contribution in [2.24, 2.45) is 0 Å². The molecule has 11 rings (SSSR count). The van der Waals surface area contributed by atoms with Crippen LogP contribution in [0.25, 0.3) is 110 Å². The maximum Gasteiger partial charge on any atom is 0.164 e. The lowest BCUT2D eigenvalue weighted by atomic mass is 9.93. The number of thiophene rings is 1. The molecule has 0 bridgehead atoms. The molecule has 0 aliphatic heterocycles. The molecule has 262 valence electrons. The van der Waals surface area contributed by atoms with Crippen molar-refractivity contribution >= 4 is 53.4 Å². The lowest BCUT2D eigenvalue weighted by Crippen LogP contribution is -2.00. The van der Waals surface area contributed by atoms with E-state index in [4.69, 9.17) is 19.4 Å². The highest BCUT2D eigenvalue weighted by molar-refractivity contribution is 7.26.